The average molecular weight is 258 g/mol. The average Bonchev–Trinajstić information content (AvgIpc) is 2.28. The van der Waals surface area contributed by atoms with Crippen LogP contribution in [0.15, 0.2) is 24.3 Å². The summed E-state index contributed by atoms with van der Waals surface area (Å²) in [5, 5.41) is 9.71. The lowest BCUT2D eigenvalue weighted by Crippen LogP contribution is -2.41. The zero-order valence-electron chi connectivity index (χ0n) is 9.89. The Bertz CT molecular complexity index is 384. The van der Waals surface area contributed by atoms with E-state index in [1.54, 1.807) is 18.0 Å². The van der Waals surface area contributed by atoms with Crippen molar-refractivity contribution in [1.82, 2.24) is 4.90 Å². The number of aliphatic carboxylic acids is 1. The second-order valence-electron chi connectivity index (χ2n) is 3.82. The van der Waals surface area contributed by atoms with E-state index in [4.69, 9.17) is 21.4 Å². The molecule has 0 aliphatic carbocycles. The molecule has 5 heteroatoms. The van der Waals surface area contributed by atoms with Crippen molar-refractivity contribution in [3.63, 3.8) is 0 Å². The van der Waals surface area contributed by atoms with Crippen molar-refractivity contribution in [3.8, 4) is 0 Å². The summed E-state index contributed by atoms with van der Waals surface area (Å²) in [4.78, 5) is 12.8. The van der Waals surface area contributed by atoms with Crippen molar-refractivity contribution >= 4 is 17.6 Å². The Labute approximate surface area is 106 Å². The Kier molecular flexibility index (Phi) is 5.41. The Morgan fingerprint density at radius 1 is 1.53 bits per heavy atom. The predicted molar refractivity (Wildman–Crippen MR) is 66.2 cm³/mol. The van der Waals surface area contributed by atoms with E-state index in [-0.39, 0.29) is 6.61 Å². The van der Waals surface area contributed by atoms with Crippen LogP contribution >= 0.6 is 11.6 Å². The van der Waals surface area contributed by atoms with Crippen LogP contribution < -0.4 is 0 Å². The second-order valence-corrected chi connectivity index (χ2v) is 4.22. The number of halogens is 1. The number of methoxy groups -OCH3 is 1. The molecule has 0 fully saturated rings. The molecule has 0 saturated carbocycles. The highest BCUT2D eigenvalue weighted by atomic mass is 35.5. The monoisotopic (exact) mass is 257 g/mol. The van der Waals surface area contributed by atoms with Gasteiger partial charge in [0.25, 0.3) is 0 Å². The first-order chi connectivity index (χ1) is 8.06. The maximum Gasteiger partial charge on any atom is 0.323 e. The zero-order valence-corrected chi connectivity index (χ0v) is 10.6. The third-order valence-corrected chi connectivity index (χ3v) is 2.89. The van der Waals surface area contributed by atoms with E-state index in [1.807, 2.05) is 18.2 Å². The Morgan fingerprint density at radius 3 is 2.71 bits per heavy atom. The molecule has 1 rings (SSSR count). The number of nitrogens with zero attached hydrogens (tertiary/aromatic N) is 1. The Hall–Kier alpha value is -1.10. The topological polar surface area (TPSA) is 49.8 Å². The molecular formula is C12H16ClNO3. The molecule has 4 nitrogen and oxygen atoms in total. The molecule has 0 heterocycles. The van der Waals surface area contributed by atoms with E-state index in [1.165, 1.54) is 7.11 Å². The number of hydrogen-bond acceptors (Lipinski definition) is 3. The lowest BCUT2D eigenvalue weighted by atomic mass is 10.2. The molecule has 0 aromatic heterocycles. The molecule has 0 saturated heterocycles. The summed E-state index contributed by atoms with van der Waals surface area (Å²) in [6, 6.07) is 6.72. The van der Waals surface area contributed by atoms with Gasteiger partial charge in [-0.2, -0.15) is 0 Å². The van der Waals surface area contributed by atoms with E-state index in [9.17, 15) is 4.79 Å². The summed E-state index contributed by atoms with van der Waals surface area (Å²) in [5.41, 5.74) is 0.902. The molecular weight excluding hydrogens is 242 g/mol. The van der Waals surface area contributed by atoms with Gasteiger partial charge in [-0.15, -0.1) is 0 Å². The molecule has 0 radical (unpaired) electrons. The lowest BCUT2D eigenvalue weighted by Gasteiger charge is -2.24. The molecule has 0 amide bonds. The van der Waals surface area contributed by atoms with Crippen molar-refractivity contribution in [2.45, 2.75) is 12.6 Å². The van der Waals surface area contributed by atoms with E-state index in [2.05, 4.69) is 0 Å². The highest BCUT2D eigenvalue weighted by Crippen LogP contribution is 2.17. The SMILES string of the molecule is COCC(C(=O)O)N(C)Cc1ccccc1Cl. The van der Waals surface area contributed by atoms with Crippen molar-refractivity contribution in [1.29, 1.82) is 0 Å². The van der Waals surface area contributed by atoms with Gasteiger partial charge < -0.3 is 9.84 Å². The normalized spacial score (nSPS) is 12.7. The Balaban J connectivity index is 2.73. The molecule has 0 aliphatic heterocycles. The van der Waals surface area contributed by atoms with Crippen LogP contribution in [0.5, 0.6) is 0 Å². The quantitative estimate of drug-likeness (QED) is 0.845. The summed E-state index contributed by atoms with van der Waals surface area (Å²) in [6.07, 6.45) is 0. The van der Waals surface area contributed by atoms with E-state index in [0.717, 1.165) is 5.56 Å². The number of ether oxygens (including phenoxy) is 1. The zero-order chi connectivity index (χ0) is 12.8. The molecule has 0 bridgehead atoms. The smallest absolute Gasteiger partial charge is 0.323 e. The Morgan fingerprint density at radius 2 is 2.18 bits per heavy atom. The summed E-state index contributed by atoms with van der Waals surface area (Å²) < 4.78 is 4.90. The number of likely N-dealkylation sites (N-methyl/N-ethyl adjacent to an activating group) is 1. The summed E-state index contributed by atoms with van der Waals surface area (Å²) in [5.74, 6) is -0.901. The third kappa shape index (κ3) is 4.00. The number of hydrogen-bond donors (Lipinski definition) is 1. The van der Waals surface area contributed by atoms with Crippen LogP contribution in [0.1, 0.15) is 5.56 Å². The molecule has 0 spiro atoms. The first-order valence-electron chi connectivity index (χ1n) is 5.21. The molecule has 1 aromatic carbocycles. The first kappa shape index (κ1) is 14.0. The van der Waals surface area contributed by atoms with E-state index in [0.29, 0.717) is 11.6 Å². The minimum absolute atomic E-state index is 0.149. The van der Waals surface area contributed by atoms with Crippen molar-refractivity contribution < 1.29 is 14.6 Å². The number of carboxylic acids is 1. The first-order valence-corrected chi connectivity index (χ1v) is 5.59. The second kappa shape index (κ2) is 6.59. The molecule has 94 valence electrons. The van der Waals surface area contributed by atoms with E-state index >= 15 is 0 Å². The largest absolute Gasteiger partial charge is 0.480 e. The standard InChI is InChI=1S/C12H16ClNO3/c1-14(11(8-17-2)12(15)16)7-9-5-3-4-6-10(9)13/h3-6,11H,7-8H2,1-2H3,(H,15,16). The minimum Gasteiger partial charge on any atom is -0.480 e. The molecule has 1 aromatic rings. The van der Waals surface area contributed by atoms with Gasteiger partial charge in [0.2, 0.25) is 0 Å². The van der Waals surface area contributed by atoms with Crippen LogP contribution in [0.4, 0.5) is 0 Å². The lowest BCUT2D eigenvalue weighted by molar-refractivity contribution is -0.144. The fraction of sp³-hybridized carbons (Fsp3) is 0.417. The highest BCUT2D eigenvalue weighted by Gasteiger charge is 2.22. The van der Waals surface area contributed by atoms with Crippen LogP contribution in [0.25, 0.3) is 0 Å². The van der Waals surface area contributed by atoms with Crippen LogP contribution in [0, 0.1) is 0 Å². The number of rotatable bonds is 6. The van der Waals surface area contributed by atoms with Crippen LogP contribution in [0.3, 0.4) is 0 Å². The molecule has 0 aliphatic rings. The van der Waals surface area contributed by atoms with Crippen LogP contribution in [0.2, 0.25) is 5.02 Å². The highest BCUT2D eigenvalue weighted by molar-refractivity contribution is 6.31. The molecule has 1 unspecified atom stereocenters. The molecule has 1 atom stereocenters. The third-order valence-electron chi connectivity index (χ3n) is 2.52. The minimum atomic E-state index is -0.901. The van der Waals surface area contributed by atoms with Gasteiger partial charge in [-0.05, 0) is 18.7 Å². The van der Waals surface area contributed by atoms with Gasteiger partial charge in [0, 0.05) is 18.7 Å². The van der Waals surface area contributed by atoms with Crippen molar-refractivity contribution in [2.24, 2.45) is 0 Å². The molecule has 17 heavy (non-hydrogen) atoms. The van der Waals surface area contributed by atoms with Gasteiger partial charge in [-0.25, -0.2) is 0 Å². The van der Waals surface area contributed by atoms with Crippen molar-refractivity contribution in [3.05, 3.63) is 34.9 Å². The summed E-state index contributed by atoms with van der Waals surface area (Å²) in [7, 11) is 3.22. The maximum absolute atomic E-state index is 11.1. The fourth-order valence-corrected chi connectivity index (χ4v) is 1.75. The van der Waals surface area contributed by atoms with Crippen LogP contribution in [-0.4, -0.2) is 42.8 Å². The molecule has 1 N–H and O–H groups in total. The summed E-state index contributed by atoms with van der Waals surface area (Å²) >= 11 is 6.02. The van der Waals surface area contributed by atoms with Gasteiger partial charge in [0.05, 0.1) is 6.61 Å². The van der Waals surface area contributed by atoms with Gasteiger partial charge in [0.15, 0.2) is 0 Å². The number of benzene rings is 1. The van der Waals surface area contributed by atoms with Gasteiger partial charge in [-0.3, -0.25) is 9.69 Å². The van der Waals surface area contributed by atoms with Crippen LogP contribution in [-0.2, 0) is 16.1 Å². The number of carbonyl (C=O) groups is 1. The fourth-order valence-electron chi connectivity index (χ4n) is 1.55. The van der Waals surface area contributed by atoms with Crippen molar-refractivity contribution in [2.75, 3.05) is 20.8 Å². The van der Waals surface area contributed by atoms with Gasteiger partial charge in [0.1, 0.15) is 6.04 Å². The predicted octanol–water partition coefficient (Wildman–Crippen LogP) is 1.87. The maximum atomic E-state index is 11.1. The van der Waals surface area contributed by atoms with Gasteiger partial charge >= 0.3 is 5.97 Å². The summed E-state index contributed by atoms with van der Waals surface area (Å²) in [6.45, 7) is 0.621. The van der Waals surface area contributed by atoms with Gasteiger partial charge in [-0.1, -0.05) is 29.8 Å². The van der Waals surface area contributed by atoms with E-state index < -0.39 is 12.0 Å². The number of carboxylic acid groups (broad SMARTS) is 1.